The first-order valence-corrected chi connectivity index (χ1v) is 9.32. The molecule has 6 nitrogen and oxygen atoms in total. The summed E-state index contributed by atoms with van der Waals surface area (Å²) >= 11 is 3.48. The largest absolute Gasteiger partial charge is 0.329 e. The highest BCUT2D eigenvalue weighted by molar-refractivity contribution is 9.10. The van der Waals surface area contributed by atoms with Crippen LogP contribution in [0, 0.1) is 0 Å². The van der Waals surface area contributed by atoms with E-state index in [1.807, 2.05) is 30.3 Å². The third-order valence-corrected chi connectivity index (χ3v) is 4.68. The molecule has 0 amide bonds. The van der Waals surface area contributed by atoms with E-state index in [2.05, 4.69) is 26.2 Å². The van der Waals surface area contributed by atoms with E-state index in [-0.39, 0.29) is 6.16 Å². The molecule has 23 heavy (non-hydrogen) atoms. The average Bonchev–Trinajstić information content (AvgIpc) is 2.96. The minimum absolute atomic E-state index is 0.299. The van der Waals surface area contributed by atoms with Crippen LogP contribution in [0.2, 0.25) is 0 Å². The van der Waals surface area contributed by atoms with Gasteiger partial charge >= 0.3 is 7.60 Å². The Bertz CT molecular complexity index is 891. The molecule has 118 valence electrons. The molecule has 0 saturated heterocycles. The Kier molecular flexibility index (Phi) is 4.46. The van der Waals surface area contributed by atoms with Gasteiger partial charge in [-0.05, 0) is 23.8 Å². The van der Waals surface area contributed by atoms with Crippen molar-refractivity contribution in [2.24, 2.45) is 0 Å². The SMILES string of the molecule is O=P(O)(O)Cc1cccc(-n2cc(-c3ccccc3Br)nn2)c1. The Morgan fingerprint density at radius 2 is 1.91 bits per heavy atom. The third-order valence-electron chi connectivity index (χ3n) is 3.21. The predicted octanol–water partition coefficient (Wildman–Crippen LogP) is 3.37. The number of hydrogen-bond donors (Lipinski definition) is 2. The summed E-state index contributed by atoms with van der Waals surface area (Å²) in [7, 11) is -4.10. The summed E-state index contributed by atoms with van der Waals surface area (Å²) < 4.78 is 13.6. The molecule has 0 aliphatic carbocycles. The second-order valence-electron chi connectivity index (χ2n) is 5.02. The van der Waals surface area contributed by atoms with E-state index in [0.29, 0.717) is 16.9 Å². The molecule has 3 aromatic rings. The van der Waals surface area contributed by atoms with Crippen molar-refractivity contribution < 1.29 is 14.4 Å². The van der Waals surface area contributed by atoms with Gasteiger partial charge in [-0.2, -0.15) is 0 Å². The second-order valence-corrected chi connectivity index (χ2v) is 7.52. The summed E-state index contributed by atoms with van der Waals surface area (Å²) in [4.78, 5) is 18.2. The number of nitrogens with zero attached hydrogens (tertiary/aromatic N) is 3. The molecule has 0 fully saturated rings. The lowest BCUT2D eigenvalue weighted by Crippen LogP contribution is -1.96. The fraction of sp³-hybridized carbons (Fsp3) is 0.0667. The monoisotopic (exact) mass is 393 g/mol. The van der Waals surface area contributed by atoms with Gasteiger partial charge in [0.05, 0.1) is 18.0 Å². The molecule has 0 saturated carbocycles. The van der Waals surface area contributed by atoms with Crippen molar-refractivity contribution in [2.45, 2.75) is 6.16 Å². The molecule has 3 rings (SSSR count). The molecular weight excluding hydrogens is 381 g/mol. The Balaban J connectivity index is 1.93. The van der Waals surface area contributed by atoms with E-state index in [1.165, 1.54) is 0 Å². The van der Waals surface area contributed by atoms with Crippen molar-refractivity contribution >= 4 is 23.5 Å². The van der Waals surface area contributed by atoms with Gasteiger partial charge in [0, 0.05) is 10.0 Å². The highest BCUT2D eigenvalue weighted by atomic mass is 79.9. The van der Waals surface area contributed by atoms with E-state index < -0.39 is 7.60 Å². The average molecular weight is 394 g/mol. The van der Waals surface area contributed by atoms with Crippen LogP contribution >= 0.6 is 23.5 Å². The minimum Gasteiger partial charge on any atom is -0.324 e. The van der Waals surface area contributed by atoms with Crippen molar-refractivity contribution in [1.29, 1.82) is 0 Å². The van der Waals surface area contributed by atoms with Crippen molar-refractivity contribution in [3.05, 3.63) is 64.8 Å². The van der Waals surface area contributed by atoms with Crippen LogP contribution in [0.3, 0.4) is 0 Å². The molecule has 0 aliphatic heterocycles. The number of benzene rings is 2. The van der Waals surface area contributed by atoms with Gasteiger partial charge in [-0.15, -0.1) is 5.10 Å². The summed E-state index contributed by atoms with van der Waals surface area (Å²) in [5.74, 6) is 0. The van der Waals surface area contributed by atoms with Crippen molar-refractivity contribution in [1.82, 2.24) is 15.0 Å². The van der Waals surface area contributed by atoms with Crippen molar-refractivity contribution in [3.8, 4) is 16.9 Å². The van der Waals surface area contributed by atoms with Gasteiger partial charge in [-0.3, -0.25) is 4.57 Å². The highest BCUT2D eigenvalue weighted by Gasteiger charge is 2.15. The first-order chi connectivity index (χ1) is 10.9. The standard InChI is InChI=1S/C15H13BrN3O3P/c16-14-7-2-1-6-13(14)15-9-19(18-17-15)12-5-3-4-11(8-12)10-23(20,21)22/h1-9H,10H2,(H2,20,21,22). The predicted molar refractivity (Wildman–Crippen MR) is 90.2 cm³/mol. The van der Waals surface area contributed by atoms with Gasteiger partial charge in [-0.1, -0.05) is 51.5 Å². The quantitative estimate of drug-likeness (QED) is 0.663. The highest BCUT2D eigenvalue weighted by Crippen LogP contribution is 2.39. The van der Waals surface area contributed by atoms with Crippen LogP contribution in [0.1, 0.15) is 5.56 Å². The zero-order valence-electron chi connectivity index (χ0n) is 11.9. The zero-order chi connectivity index (χ0) is 16.4. The van der Waals surface area contributed by atoms with Crippen LogP contribution in [-0.4, -0.2) is 24.8 Å². The van der Waals surface area contributed by atoms with E-state index in [4.69, 9.17) is 9.79 Å². The van der Waals surface area contributed by atoms with E-state index >= 15 is 0 Å². The van der Waals surface area contributed by atoms with E-state index in [1.54, 1.807) is 29.1 Å². The number of halogens is 1. The van der Waals surface area contributed by atoms with Crippen LogP contribution in [0.4, 0.5) is 0 Å². The topological polar surface area (TPSA) is 88.2 Å². The molecule has 0 aliphatic rings. The lowest BCUT2D eigenvalue weighted by molar-refractivity contribution is 0.371. The van der Waals surface area contributed by atoms with Gasteiger partial charge in [-0.25, -0.2) is 4.68 Å². The molecular formula is C15H13BrN3O3P. The summed E-state index contributed by atoms with van der Waals surface area (Å²) in [6.45, 7) is 0. The Morgan fingerprint density at radius 1 is 1.13 bits per heavy atom. The van der Waals surface area contributed by atoms with Crippen LogP contribution < -0.4 is 0 Å². The summed E-state index contributed by atoms with van der Waals surface area (Å²) in [5, 5.41) is 8.25. The molecule has 0 bridgehead atoms. The number of hydrogen-bond acceptors (Lipinski definition) is 3. The minimum atomic E-state index is -4.10. The first kappa shape index (κ1) is 16.1. The van der Waals surface area contributed by atoms with Crippen LogP contribution in [0.5, 0.6) is 0 Å². The molecule has 8 heteroatoms. The molecule has 2 N–H and O–H groups in total. The smallest absolute Gasteiger partial charge is 0.324 e. The van der Waals surface area contributed by atoms with Gasteiger partial charge in [0.25, 0.3) is 0 Å². The second kappa shape index (κ2) is 6.37. The molecule has 2 aromatic carbocycles. The maximum absolute atomic E-state index is 11.1. The Morgan fingerprint density at radius 3 is 2.65 bits per heavy atom. The maximum Gasteiger partial charge on any atom is 0.329 e. The van der Waals surface area contributed by atoms with Crippen LogP contribution in [-0.2, 0) is 10.7 Å². The fourth-order valence-corrected chi connectivity index (χ4v) is 3.38. The lowest BCUT2D eigenvalue weighted by atomic mass is 10.2. The number of aromatic nitrogens is 3. The molecule has 0 radical (unpaired) electrons. The van der Waals surface area contributed by atoms with Crippen LogP contribution in [0.15, 0.2) is 59.2 Å². The molecule has 0 spiro atoms. The Hall–Kier alpha value is -1.79. The van der Waals surface area contributed by atoms with E-state index in [0.717, 1.165) is 10.0 Å². The Labute approximate surface area is 141 Å². The summed E-state index contributed by atoms with van der Waals surface area (Å²) in [6, 6.07) is 14.6. The zero-order valence-corrected chi connectivity index (χ0v) is 14.4. The van der Waals surface area contributed by atoms with Crippen molar-refractivity contribution in [2.75, 3.05) is 0 Å². The molecule has 1 heterocycles. The lowest BCUT2D eigenvalue weighted by Gasteiger charge is -2.06. The first-order valence-electron chi connectivity index (χ1n) is 6.73. The third kappa shape index (κ3) is 3.95. The van der Waals surface area contributed by atoms with Gasteiger partial charge in [0.1, 0.15) is 5.69 Å². The fourth-order valence-electron chi connectivity index (χ4n) is 2.22. The summed E-state index contributed by atoms with van der Waals surface area (Å²) in [6.07, 6.45) is 1.48. The van der Waals surface area contributed by atoms with Gasteiger partial charge in [0.2, 0.25) is 0 Å². The number of rotatable bonds is 4. The maximum atomic E-state index is 11.1. The summed E-state index contributed by atoms with van der Waals surface area (Å²) in [5.41, 5.74) is 2.87. The molecule has 1 aromatic heterocycles. The molecule has 0 atom stereocenters. The molecule has 0 unspecified atom stereocenters. The van der Waals surface area contributed by atoms with Crippen molar-refractivity contribution in [3.63, 3.8) is 0 Å². The van der Waals surface area contributed by atoms with Crippen LogP contribution in [0.25, 0.3) is 16.9 Å². The van der Waals surface area contributed by atoms with E-state index in [9.17, 15) is 4.57 Å². The van der Waals surface area contributed by atoms with Gasteiger partial charge in [0.15, 0.2) is 0 Å². The van der Waals surface area contributed by atoms with Gasteiger partial charge < -0.3 is 9.79 Å². The normalized spacial score (nSPS) is 11.6.